The number of aliphatic hydroxyl groups excluding tert-OH is 4. The average molecular weight is 342 g/mol. The minimum Gasteiger partial charge on any atom is -0.395 e. The molecule has 0 saturated carbocycles. The molecule has 8 heteroatoms. The van der Waals surface area contributed by atoms with Crippen molar-refractivity contribution in [2.75, 3.05) is 65.7 Å². The molecule has 4 N–H and O–H groups in total. The molecule has 0 aromatic heterocycles. The zero-order valence-corrected chi connectivity index (χ0v) is 13.7. The van der Waals surface area contributed by atoms with Crippen LogP contribution in [0.4, 0.5) is 0 Å². The molecule has 0 atom stereocenters. The lowest BCUT2D eigenvalue weighted by atomic mass is 9.96. The molecule has 0 amide bonds. The maximum Gasteiger partial charge on any atom is 0.183 e. The first-order valence-corrected chi connectivity index (χ1v) is 7.93. The van der Waals surface area contributed by atoms with Gasteiger partial charge < -0.3 is 20.4 Å². The van der Waals surface area contributed by atoms with Gasteiger partial charge in [0.2, 0.25) is 0 Å². The van der Waals surface area contributed by atoms with Crippen LogP contribution in [0.5, 0.6) is 0 Å². The molecule has 1 aliphatic carbocycles. The van der Waals surface area contributed by atoms with E-state index in [-0.39, 0.29) is 51.1 Å². The summed E-state index contributed by atoms with van der Waals surface area (Å²) in [5, 5.41) is 36.0. The van der Waals surface area contributed by atoms with E-state index in [4.69, 9.17) is 20.4 Å². The molecule has 0 fully saturated rings. The maximum absolute atomic E-state index is 12.2. The number of allylic oxidation sites excluding steroid dienone is 2. The van der Waals surface area contributed by atoms with Gasteiger partial charge in [-0.1, -0.05) is 0 Å². The Kier molecular flexibility index (Phi) is 9.62. The van der Waals surface area contributed by atoms with E-state index in [1.165, 1.54) is 12.2 Å². The Bertz CT molecular complexity index is 433. The van der Waals surface area contributed by atoms with E-state index in [9.17, 15) is 9.59 Å². The van der Waals surface area contributed by atoms with E-state index in [0.717, 1.165) is 0 Å². The first-order chi connectivity index (χ1) is 11.5. The summed E-state index contributed by atoms with van der Waals surface area (Å²) in [5.74, 6) is -0.558. The molecule has 0 heterocycles. The monoisotopic (exact) mass is 342 g/mol. The van der Waals surface area contributed by atoms with Crippen molar-refractivity contribution in [2.24, 2.45) is 0 Å². The van der Waals surface area contributed by atoms with E-state index >= 15 is 0 Å². The molecular weight excluding hydrogens is 316 g/mol. The molecule has 0 unspecified atom stereocenters. The highest BCUT2D eigenvalue weighted by Crippen LogP contribution is 2.14. The zero-order valence-electron chi connectivity index (χ0n) is 13.7. The van der Waals surface area contributed by atoms with Crippen molar-refractivity contribution in [1.29, 1.82) is 0 Å². The van der Waals surface area contributed by atoms with Gasteiger partial charge in [-0.15, -0.1) is 0 Å². The number of aliphatic hydroxyl groups is 4. The molecule has 0 aliphatic heterocycles. The predicted molar refractivity (Wildman–Crippen MR) is 87.4 cm³/mol. The number of ketones is 2. The van der Waals surface area contributed by atoms with Gasteiger partial charge in [-0.2, -0.15) is 0 Å². The Morgan fingerprint density at radius 2 is 0.917 bits per heavy atom. The maximum atomic E-state index is 12.2. The van der Waals surface area contributed by atoms with Crippen LogP contribution in [0.25, 0.3) is 0 Å². The van der Waals surface area contributed by atoms with Gasteiger partial charge in [0.05, 0.1) is 26.4 Å². The van der Waals surface area contributed by atoms with Gasteiger partial charge in [0.15, 0.2) is 11.6 Å². The number of carbonyl (C=O) groups is 2. The van der Waals surface area contributed by atoms with E-state index in [1.54, 1.807) is 9.80 Å². The van der Waals surface area contributed by atoms with Crippen molar-refractivity contribution in [3.05, 3.63) is 23.3 Å². The topological polar surface area (TPSA) is 122 Å². The van der Waals surface area contributed by atoms with Crippen LogP contribution in [0.1, 0.15) is 0 Å². The number of hydrogen-bond acceptors (Lipinski definition) is 8. The molecule has 0 saturated heterocycles. The number of carbonyl (C=O) groups excluding carboxylic acids is 2. The smallest absolute Gasteiger partial charge is 0.183 e. The third-order valence-corrected chi connectivity index (χ3v) is 3.70. The van der Waals surface area contributed by atoms with Crippen molar-refractivity contribution in [3.8, 4) is 0 Å². The molecule has 0 aromatic rings. The lowest BCUT2D eigenvalue weighted by Crippen LogP contribution is -2.36. The molecule has 1 rings (SSSR count). The summed E-state index contributed by atoms with van der Waals surface area (Å²) in [5.41, 5.74) is 0.642. The van der Waals surface area contributed by atoms with E-state index < -0.39 is 0 Å². The summed E-state index contributed by atoms with van der Waals surface area (Å²) in [6.07, 6.45) is 2.57. The predicted octanol–water partition coefficient (Wildman–Crippen LogP) is -2.44. The van der Waals surface area contributed by atoms with E-state index in [0.29, 0.717) is 37.3 Å². The van der Waals surface area contributed by atoms with Crippen LogP contribution in [0.3, 0.4) is 0 Å². The van der Waals surface area contributed by atoms with Crippen molar-refractivity contribution < 1.29 is 30.0 Å². The largest absolute Gasteiger partial charge is 0.395 e. The quantitative estimate of drug-likeness (QED) is 0.289. The first-order valence-electron chi connectivity index (χ1n) is 7.93. The lowest BCUT2D eigenvalue weighted by Gasteiger charge is -2.24. The second-order valence-corrected chi connectivity index (χ2v) is 5.51. The first kappa shape index (κ1) is 20.6. The summed E-state index contributed by atoms with van der Waals surface area (Å²) >= 11 is 0. The fraction of sp³-hybridized carbons (Fsp3) is 0.625. The minimum absolute atomic E-state index is 0.103. The third kappa shape index (κ3) is 6.60. The number of rotatable bonds is 12. The average Bonchev–Trinajstić information content (AvgIpc) is 2.53. The summed E-state index contributed by atoms with van der Waals surface area (Å²) in [6.45, 7) is 1.17. The summed E-state index contributed by atoms with van der Waals surface area (Å²) < 4.78 is 0. The lowest BCUT2D eigenvalue weighted by molar-refractivity contribution is -0.115. The van der Waals surface area contributed by atoms with E-state index in [2.05, 4.69) is 0 Å². The van der Waals surface area contributed by atoms with Crippen LogP contribution in [0.15, 0.2) is 23.3 Å². The van der Waals surface area contributed by atoms with Crippen LogP contribution < -0.4 is 0 Å². The van der Waals surface area contributed by atoms with Gasteiger partial charge in [-0.05, 0) is 12.2 Å². The molecule has 8 nitrogen and oxygen atoms in total. The second-order valence-electron chi connectivity index (χ2n) is 5.51. The summed E-state index contributed by atoms with van der Waals surface area (Å²) in [4.78, 5) is 27.8. The van der Waals surface area contributed by atoms with Gasteiger partial charge >= 0.3 is 0 Å². The Morgan fingerprint density at radius 1 is 0.625 bits per heavy atom. The normalized spacial score (nSPS) is 15.2. The zero-order chi connectivity index (χ0) is 17.9. The van der Waals surface area contributed by atoms with Crippen molar-refractivity contribution in [3.63, 3.8) is 0 Å². The third-order valence-electron chi connectivity index (χ3n) is 3.70. The fourth-order valence-corrected chi connectivity index (χ4v) is 2.48. The number of nitrogens with zero attached hydrogens (tertiary/aromatic N) is 2. The molecule has 0 spiro atoms. The van der Waals surface area contributed by atoms with Gasteiger partial charge in [0, 0.05) is 50.4 Å². The highest BCUT2D eigenvalue weighted by atomic mass is 16.3. The van der Waals surface area contributed by atoms with Gasteiger partial charge in [0.1, 0.15) is 0 Å². The highest BCUT2D eigenvalue weighted by Gasteiger charge is 2.23. The molecular formula is C16H26N2O6. The van der Waals surface area contributed by atoms with Gasteiger partial charge in [-0.3, -0.25) is 19.4 Å². The Labute approximate surface area is 141 Å². The van der Waals surface area contributed by atoms with Crippen LogP contribution in [0, 0.1) is 0 Å². The van der Waals surface area contributed by atoms with Crippen molar-refractivity contribution in [2.45, 2.75) is 0 Å². The van der Waals surface area contributed by atoms with Gasteiger partial charge in [-0.25, -0.2) is 0 Å². The van der Waals surface area contributed by atoms with Crippen LogP contribution in [0.2, 0.25) is 0 Å². The van der Waals surface area contributed by atoms with Gasteiger partial charge in [0.25, 0.3) is 0 Å². The van der Waals surface area contributed by atoms with Crippen molar-refractivity contribution in [1.82, 2.24) is 9.80 Å². The molecule has 0 bridgehead atoms. The minimum atomic E-state index is -0.279. The van der Waals surface area contributed by atoms with Crippen molar-refractivity contribution >= 4 is 11.6 Å². The number of hydrogen-bond donors (Lipinski definition) is 4. The second kappa shape index (κ2) is 11.2. The van der Waals surface area contributed by atoms with E-state index in [1.807, 2.05) is 0 Å². The summed E-state index contributed by atoms with van der Waals surface area (Å²) in [7, 11) is 0. The molecule has 0 aromatic carbocycles. The Hall–Kier alpha value is -1.42. The van der Waals surface area contributed by atoms with Crippen LogP contribution >= 0.6 is 0 Å². The van der Waals surface area contributed by atoms with Crippen LogP contribution in [-0.4, -0.2) is 107 Å². The molecule has 136 valence electrons. The molecule has 0 radical (unpaired) electrons. The molecule has 24 heavy (non-hydrogen) atoms. The fourth-order valence-electron chi connectivity index (χ4n) is 2.48. The Balaban J connectivity index is 2.74. The highest BCUT2D eigenvalue weighted by molar-refractivity contribution is 6.20. The SMILES string of the molecule is O=C1C=C(CN(CCO)CCO)C(=O)C=C1CN(CCO)CCO. The van der Waals surface area contributed by atoms with Crippen LogP contribution in [-0.2, 0) is 9.59 Å². The Morgan fingerprint density at radius 3 is 1.17 bits per heavy atom. The summed E-state index contributed by atoms with van der Waals surface area (Å²) in [6, 6.07) is 0. The standard InChI is InChI=1S/C16H26N2O6/c19-5-1-17(2-6-20)11-13-9-16(24)14(10-15(13)23)12-18(3-7-21)4-8-22/h9-10,19-22H,1-8,11-12H2. The molecule has 1 aliphatic rings.